The molecular formula is C15H17N3O4S. The molecule has 0 unspecified atom stereocenters. The highest BCUT2D eigenvalue weighted by molar-refractivity contribution is 7.88. The maximum Gasteiger partial charge on any atom is 0.293 e. The largest absolute Gasteiger partial charge is 0.451 e. The lowest BCUT2D eigenvalue weighted by Crippen LogP contribution is -2.41. The Morgan fingerprint density at radius 1 is 1.26 bits per heavy atom. The van der Waals surface area contributed by atoms with Gasteiger partial charge in [-0.05, 0) is 38.5 Å². The highest BCUT2D eigenvalue weighted by Gasteiger charge is 2.30. The number of aryl methyl sites for hydroxylation is 1. The second kappa shape index (κ2) is 5.17. The fourth-order valence-corrected chi connectivity index (χ4v) is 3.42. The standard InChI is InChI=1S/C15H17N3O4S/c1-9-6-5-7-11-10(9)8-12(21-11)13-16-14(17-22-13)15(2,3)18-23(4,19)20/h5-8,18H,1-4H3. The minimum atomic E-state index is -3.41. The summed E-state index contributed by atoms with van der Waals surface area (Å²) in [5, 5.41) is 4.84. The van der Waals surface area contributed by atoms with Gasteiger partial charge >= 0.3 is 0 Å². The van der Waals surface area contributed by atoms with Gasteiger partial charge in [-0.25, -0.2) is 13.1 Å². The van der Waals surface area contributed by atoms with Crippen LogP contribution < -0.4 is 4.72 Å². The van der Waals surface area contributed by atoms with Crippen LogP contribution in [0.4, 0.5) is 0 Å². The summed E-state index contributed by atoms with van der Waals surface area (Å²) < 4.78 is 36.3. The van der Waals surface area contributed by atoms with E-state index in [2.05, 4.69) is 14.9 Å². The number of benzene rings is 1. The summed E-state index contributed by atoms with van der Waals surface area (Å²) in [6.45, 7) is 5.30. The van der Waals surface area contributed by atoms with Crippen molar-refractivity contribution in [1.29, 1.82) is 0 Å². The lowest BCUT2D eigenvalue weighted by Gasteiger charge is -2.20. The van der Waals surface area contributed by atoms with E-state index in [1.807, 2.05) is 31.2 Å². The van der Waals surface area contributed by atoms with Gasteiger partial charge in [-0.3, -0.25) is 0 Å². The zero-order valence-electron chi connectivity index (χ0n) is 13.2. The molecule has 0 bridgehead atoms. The van der Waals surface area contributed by atoms with Crippen LogP contribution in [0.3, 0.4) is 0 Å². The van der Waals surface area contributed by atoms with Gasteiger partial charge in [0.05, 0.1) is 11.8 Å². The number of furan rings is 1. The monoisotopic (exact) mass is 335 g/mol. The highest BCUT2D eigenvalue weighted by atomic mass is 32.2. The van der Waals surface area contributed by atoms with Crippen molar-refractivity contribution < 1.29 is 17.4 Å². The van der Waals surface area contributed by atoms with Gasteiger partial charge in [-0.1, -0.05) is 17.3 Å². The first-order valence-electron chi connectivity index (χ1n) is 6.98. The molecule has 0 atom stereocenters. The fraction of sp³-hybridized carbons (Fsp3) is 0.333. The van der Waals surface area contributed by atoms with Gasteiger partial charge in [0.1, 0.15) is 5.58 Å². The van der Waals surface area contributed by atoms with Crippen LogP contribution in [0.2, 0.25) is 0 Å². The predicted octanol–water partition coefficient (Wildman–Crippen LogP) is 2.58. The number of nitrogens with zero attached hydrogens (tertiary/aromatic N) is 2. The van der Waals surface area contributed by atoms with Crippen molar-refractivity contribution in [3.05, 3.63) is 35.7 Å². The molecule has 7 nitrogen and oxygen atoms in total. The third kappa shape index (κ3) is 3.13. The van der Waals surface area contributed by atoms with E-state index in [9.17, 15) is 8.42 Å². The molecule has 1 N–H and O–H groups in total. The predicted molar refractivity (Wildman–Crippen MR) is 85.2 cm³/mol. The Hall–Kier alpha value is -2.19. The topological polar surface area (TPSA) is 98.2 Å². The quantitative estimate of drug-likeness (QED) is 0.787. The van der Waals surface area contributed by atoms with Crippen LogP contribution in [0.25, 0.3) is 22.6 Å². The van der Waals surface area contributed by atoms with E-state index in [0.717, 1.165) is 22.8 Å². The van der Waals surface area contributed by atoms with Crippen molar-refractivity contribution in [2.24, 2.45) is 0 Å². The molecule has 3 aromatic rings. The van der Waals surface area contributed by atoms with E-state index in [1.54, 1.807) is 13.8 Å². The van der Waals surface area contributed by atoms with E-state index >= 15 is 0 Å². The van der Waals surface area contributed by atoms with Crippen molar-refractivity contribution in [3.63, 3.8) is 0 Å². The first kappa shape index (κ1) is 15.7. The van der Waals surface area contributed by atoms with Crippen LogP contribution in [0.5, 0.6) is 0 Å². The molecular weight excluding hydrogens is 318 g/mol. The molecule has 0 radical (unpaired) electrons. The molecule has 23 heavy (non-hydrogen) atoms. The summed E-state index contributed by atoms with van der Waals surface area (Å²) in [6.07, 6.45) is 1.08. The number of rotatable bonds is 4. The van der Waals surface area contributed by atoms with E-state index in [-0.39, 0.29) is 11.7 Å². The first-order chi connectivity index (χ1) is 10.7. The highest BCUT2D eigenvalue weighted by Crippen LogP contribution is 2.30. The van der Waals surface area contributed by atoms with Gasteiger partial charge in [0.25, 0.3) is 5.89 Å². The maximum atomic E-state index is 11.4. The van der Waals surface area contributed by atoms with Crippen LogP contribution in [0, 0.1) is 6.92 Å². The van der Waals surface area contributed by atoms with E-state index in [1.165, 1.54) is 0 Å². The van der Waals surface area contributed by atoms with Gasteiger partial charge in [-0.15, -0.1) is 0 Å². The SMILES string of the molecule is Cc1cccc2oc(-c3nc(C(C)(C)NS(C)(=O)=O)no3)cc12. The molecule has 0 aliphatic heterocycles. The number of nitrogens with one attached hydrogen (secondary N) is 1. The molecule has 0 amide bonds. The molecule has 8 heteroatoms. The molecule has 122 valence electrons. The Balaban J connectivity index is 1.99. The second-order valence-corrected chi connectivity index (χ2v) is 7.77. The Morgan fingerprint density at radius 2 is 2.00 bits per heavy atom. The summed E-state index contributed by atoms with van der Waals surface area (Å²) in [7, 11) is -3.41. The molecule has 0 saturated carbocycles. The zero-order valence-corrected chi connectivity index (χ0v) is 14.1. The minimum absolute atomic E-state index is 0.207. The third-order valence-corrected chi connectivity index (χ3v) is 4.30. The second-order valence-electron chi connectivity index (χ2n) is 6.02. The molecule has 2 aromatic heterocycles. The molecule has 0 fully saturated rings. The van der Waals surface area contributed by atoms with Crippen molar-refractivity contribution >= 4 is 21.0 Å². The smallest absolute Gasteiger partial charge is 0.293 e. The molecule has 3 rings (SSSR count). The van der Waals surface area contributed by atoms with Crippen molar-refractivity contribution in [3.8, 4) is 11.7 Å². The van der Waals surface area contributed by atoms with E-state index < -0.39 is 15.6 Å². The normalized spacial score (nSPS) is 12.9. The van der Waals surface area contributed by atoms with Gasteiger partial charge in [0, 0.05) is 5.39 Å². The van der Waals surface area contributed by atoms with E-state index in [4.69, 9.17) is 8.94 Å². The lowest BCUT2D eigenvalue weighted by atomic mass is 10.1. The molecule has 0 spiro atoms. The minimum Gasteiger partial charge on any atom is -0.451 e. The summed E-state index contributed by atoms with van der Waals surface area (Å²) in [5.41, 5.74) is 0.821. The Morgan fingerprint density at radius 3 is 2.65 bits per heavy atom. The number of aromatic nitrogens is 2. The molecule has 0 aliphatic carbocycles. The first-order valence-corrected chi connectivity index (χ1v) is 8.87. The zero-order chi connectivity index (χ0) is 16.8. The summed E-state index contributed by atoms with van der Waals surface area (Å²) >= 11 is 0. The number of hydrogen-bond donors (Lipinski definition) is 1. The molecule has 0 saturated heterocycles. The average Bonchev–Trinajstić information content (AvgIpc) is 3.03. The summed E-state index contributed by atoms with van der Waals surface area (Å²) in [5.74, 6) is 0.886. The number of fused-ring (bicyclic) bond motifs is 1. The van der Waals surface area contributed by atoms with Crippen LogP contribution in [0.15, 0.2) is 33.2 Å². The van der Waals surface area contributed by atoms with Gasteiger partial charge in [0.15, 0.2) is 11.6 Å². The van der Waals surface area contributed by atoms with Crippen LogP contribution >= 0.6 is 0 Å². The van der Waals surface area contributed by atoms with Gasteiger partial charge in [0.2, 0.25) is 10.0 Å². The Labute approximate surface area is 133 Å². The average molecular weight is 335 g/mol. The van der Waals surface area contributed by atoms with Gasteiger partial charge < -0.3 is 8.94 Å². The van der Waals surface area contributed by atoms with E-state index in [0.29, 0.717) is 5.76 Å². The van der Waals surface area contributed by atoms with Crippen LogP contribution in [0.1, 0.15) is 25.2 Å². The Bertz CT molecular complexity index is 970. The maximum absolute atomic E-state index is 11.4. The molecule has 2 heterocycles. The number of hydrogen-bond acceptors (Lipinski definition) is 6. The third-order valence-electron chi connectivity index (χ3n) is 3.42. The Kier molecular flexibility index (Phi) is 3.53. The van der Waals surface area contributed by atoms with Crippen molar-refractivity contribution in [2.45, 2.75) is 26.3 Å². The lowest BCUT2D eigenvalue weighted by molar-refractivity contribution is 0.378. The van der Waals surface area contributed by atoms with Crippen LogP contribution in [-0.2, 0) is 15.6 Å². The summed E-state index contributed by atoms with van der Waals surface area (Å²) in [6, 6.07) is 7.58. The van der Waals surface area contributed by atoms with Gasteiger partial charge in [-0.2, -0.15) is 4.98 Å². The van der Waals surface area contributed by atoms with Crippen molar-refractivity contribution in [1.82, 2.24) is 14.9 Å². The van der Waals surface area contributed by atoms with Crippen molar-refractivity contribution in [2.75, 3.05) is 6.26 Å². The number of sulfonamides is 1. The van der Waals surface area contributed by atoms with Crippen LogP contribution in [-0.4, -0.2) is 24.8 Å². The fourth-order valence-electron chi connectivity index (χ4n) is 2.40. The molecule has 1 aromatic carbocycles. The molecule has 0 aliphatic rings. The summed E-state index contributed by atoms with van der Waals surface area (Å²) in [4.78, 5) is 4.26.